The molecule has 30 heavy (non-hydrogen) atoms. The summed E-state index contributed by atoms with van der Waals surface area (Å²) in [7, 11) is 0. The van der Waals surface area contributed by atoms with Crippen LogP contribution in [0.4, 0.5) is 14.5 Å². The lowest BCUT2D eigenvalue weighted by molar-refractivity contribution is 0.0729. The number of nitrogens with one attached hydrogen (secondary N) is 1. The zero-order chi connectivity index (χ0) is 21.8. The van der Waals surface area contributed by atoms with Gasteiger partial charge in [-0.25, -0.2) is 13.6 Å². The van der Waals surface area contributed by atoms with E-state index in [-0.39, 0.29) is 32.6 Å². The van der Waals surface area contributed by atoms with Crippen LogP contribution in [0.1, 0.15) is 22.8 Å². The topological polar surface area (TPSA) is 50.7 Å². The second kappa shape index (κ2) is 9.43. The highest BCUT2D eigenvalue weighted by atomic mass is 35.5. The van der Waals surface area contributed by atoms with Crippen molar-refractivity contribution >= 4 is 52.2 Å². The number of anilines is 1. The van der Waals surface area contributed by atoms with Gasteiger partial charge in [0.1, 0.15) is 17.4 Å². The number of hydrazone groups is 1. The van der Waals surface area contributed by atoms with Crippen LogP contribution in [0.15, 0.2) is 59.7 Å². The van der Waals surface area contributed by atoms with Crippen molar-refractivity contribution in [2.45, 2.75) is 6.92 Å². The van der Waals surface area contributed by atoms with Gasteiger partial charge in [0.2, 0.25) is 0 Å². The predicted molar refractivity (Wildman–Crippen MR) is 115 cm³/mol. The number of ether oxygens (including phenoxy) is 1. The molecule has 0 fully saturated rings. The molecule has 1 N–H and O–H groups in total. The van der Waals surface area contributed by atoms with Crippen LogP contribution in [0.5, 0.6) is 5.75 Å². The molecule has 0 aliphatic heterocycles. The van der Waals surface area contributed by atoms with Crippen LogP contribution in [-0.4, -0.2) is 11.7 Å². The first-order valence-electron chi connectivity index (χ1n) is 8.47. The molecule has 0 unspecified atom stereocenters. The monoisotopic (exact) mass is 468 g/mol. The molecule has 154 valence electrons. The molecule has 3 aromatic carbocycles. The molecule has 0 radical (unpaired) electrons. The minimum absolute atomic E-state index is 0.000929. The van der Waals surface area contributed by atoms with Crippen molar-refractivity contribution in [3.05, 3.63) is 92.4 Å². The third-order valence-corrected chi connectivity index (χ3v) is 4.78. The number of rotatable bonds is 5. The lowest BCUT2D eigenvalue weighted by Crippen LogP contribution is -2.13. The first-order valence-corrected chi connectivity index (χ1v) is 9.61. The third kappa shape index (κ3) is 5.08. The second-order valence-electron chi connectivity index (χ2n) is 6.06. The molecule has 0 atom stereocenters. The van der Waals surface area contributed by atoms with Gasteiger partial charge in [-0.05, 0) is 49.4 Å². The molecule has 9 heteroatoms. The Morgan fingerprint density at radius 3 is 2.30 bits per heavy atom. The zero-order valence-electron chi connectivity index (χ0n) is 15.3. The minimum Gasteiger partial charge on any atom is -0.422 e. The molecule has 3 rings (SSSR count). The highest BCUT2D eigenvalue weighted by molar-refractivity contribution is 6.41. The molecular formula is C21H13Cl3F2N2O2. The summed E-state index contributed by atoms with van der Waals surface area (Å²) in [6.45, 7) is 1.56. The number of carbonyl (C=O) groups is 1. The smallest absolute Gasteiger partial charge is 0.346 e. The first kappa shape index (κ1) is 22.0. The molecule has 0 amide bonds. The summed E-state index contributed by atoms with van der Waals surface area (Å²) in [4.78, 5) is 12.3. The van der Waals surface area contributed by atoms with Crippen LogP contribution in [0, 0.1) is 11.6 Å². The fraction of sp³-hybridized carbons (Fsp3) is 0.0476. The number of hydrogen-bond acceptors (Lipinski definition) is 4. The van der Waals surface area contributed by atoms with E-state index in [1.54, 1.807) is 6.92 Å². The predicted octanol–water partition coefficient (Wildman–Crippen LogP) is 6.98. The van der Waals surface area contributed by atoms with E-state index in [9.17, 15) is 13.6 Å². The van der Waals surface area contributed by atoms with E-state index in [0.29, 0.717) is 10.7 Å². The lowest BCUT2D eigenvalue weighted by Gasteiger charge is -2.12. The summed E-state index contributed by atoms with van der Waals surface area (Å²) in [6.07, 6.45) is 0. The van der Waals surface area contributed by atoms with Crippen LogP contribution in [-0.2, 0) is 0 Å². The highest BCUT2D eigenvalue weighted by Crippen LogP contribution is 2.34. The van der Waals surface area contributed by atoms with Gasteiger partial charge in [0.25, 0.3) is 0 Å². The number of halogens is 5. The second-order valence-corrected chi connectivity index (χ2v) is 7.31. The molecule has 0 aliphatic rings. The summed E-state index contributed by atoms with van der Waals surface area (Å²) in [6, 6.07) is 11.8. The Labute approximate surface area is 186 Å². The molecule has 4 nitrogen and oxygen atoms in total. The summed E-state index contributed by atoms with van der Waals surface area (Å²) in [5.74, 6) is -2.23. The summed E-state index contributed by atoms with van der Waals surface area (Å²) >= 11 is 18.1. The highest BCUT2D eigenvalue weighted by Gasteiger charge is 2.17. The maximum absolute atomic E-state index is 13.8. The third-order valence-electron chi connectivity index (χ3n) is 3.97. The molecule has 0 aromatic heterocycles. The number of benzene rings is 3. The first-order chi connectivity index (χ1) is 14.3. The number of esters is 1. The largest absolute Gasteiger partial charge is 0.422 e. The molecule has 0 aliphatic carbocycles. The van der Waals surface area contributed by atoms with Gasteiger partial charge < -0.3 is 4.74 Å². The molecular weight excluding hydrogens is 457 g/mol. The number of carbonyl (C=O) groups excluding carboxylic acids is 1. The number of nitrogens with zero attached hydrogens (tertiary/aromatic N) is 1. The van der Waals surface area contributed by atoms with Crippen molar-refractivity contribution in [2.24, 2.45) is 5.10 Å². The number of hydrogen-bond donors (Lipinski definition) is 1. The van der Waals surface area contributed by atoms with Crippen LogP contribution >= 0.6 is 34.8 Å². The van der Waals surface area contributed by atoms with Gasteiger partial charge in [-0.1, -0.05) is 46.9 Å². The molecule has 0 heterocycles. The van der Waals surface area contributed by atoms with Gasteiger partial charge in [-0.3, -0.25) is 5.43 Å². The normalized spacial score (nSPS) is 11.3. The van der Waals surface area contributed by atoms with E-state index < -0.39 is 17.6 Å². The standard InChI is InChI=1S/C21H13Cl3F2N2O2/c1-11(27-28-20-16(23)8-12(22)9-17(20)24)15-10-13(25)6-7-19(15)30-21(29)14-4-2-3-5-18(14)26/h2-10,28H,1H3/b27-11-. The van der Waals surface area contributed by atoms with E-state index in [4.69, 9.17) is 39.5 Å². The molecule has 0 spiro atoms. The Bertz CT molecular complexity index is 1130. The molecule has 0 saturated heterocycles. The summed E-state index contributed by atoms with van der Waals surface area (Å²) < 4.78 is 33.0. The fourth-order valence-electron chi connectivity index (χ4n) is 2.50. The van der Waals surface area contributed by atoms with Gasteiger partial charge in [0.15, 0.2) is 0 Å². The van der Waals surface area contributed by atoms with E-state index in [1.165, 1.54) is 36.4 Å². The zero-order valence-corrected chi connectivity index (χ0v) is 17.6. The van der Waals surface area contributed by atoms with Gasteiger partial charge in [-0.2, -0.15) is 5.10 Å². The maximum Gasteiger partial charge on any atom is 0.346 e. The van der Waals surface area contributed by atoms with E-state index in [1.807, 2.05) is 0 Å². The average molecular weight is 470 g/mol. The van der Waals surface area contributed by atoms with Crippen molar-refractivity contribution < 1.29 is 18.3 Å². The summed E-state index contributed by atoms with van der Waals surface area (Å²) in [5.41, 5.74) is 3.17. The van der Waals surface area contributed by atoms with Gasteiger partial charge in [-0.15, -0.1) is 0 Å². The molecule has 0 saturated carbocycles. The average Bonchev–Trinajstić information content (AvgIpc) is 2.68. The van der Waals surface area contributed by atoms with Crippen molar-refractivity contribution in [2.75, 3.05) is 5.43 Å². The van der Waals surface area contributed by atoms with Gasteiger partial charge in [0.05, 0.1) is 27.0 Å². The van der Waals surface area contributed by atoms with Crippen LogP contribution in [0.3, 0.4) is 0 Å². The quantitative estimate of drug-likeness (QED) is 0.190. The van der Waals surface area contributed by atoms with Gasteiger partial charge in [0, 0.05) is 10.6 Å². The van der Waals surface area contributed by atoms with E-state index >= 15 is 0 Å². The lowest BCUT2D eigenvalue weighted by atomic mass is 10.1. The maximum atomic E-state index is 13.8. The van der Waals surface area contributed by atoms with E-state index in [2.05, 4.69) is 10.5 Å². The van der Waals surface area contributed by atoms with Crippen molar-refractivity contribution in [3.8, 4) is 5.75 Å². The Kier molecular flexibility index (Phi) is 6.92. The minimum atomic E-state index is -0.925. The fourth-order valence-corrected chi connectivity index (χ4v) is 3.41. The Morgan fingerprint density at radius 2 is 1.63 bits per heavy atom. The van der Waals surface area contributed by atoms with Crippen LogP contribution in [0.25, 0.3) is 0 Å². The summed E-state index contributed by atoms with van der Waals surface area (Å²) in [5, 5.41) is 4.95. The van der Waals surface area contributed by atoms with Crippen molar-refractivity contribution in [3.63, 3.8) is 0 Å². The Morgan fingerprint density at radius 1 is 0.967 bits per heavy atom. The van der Waals surface area contributed by atoms with E-state index in [0.717, 1.165) is 18.2 Å². The van der Waals surface area contributed by atoms with Gasteiger partial charge >= 0.3 is 5.97 Å². The molecule has 0 bridgehead atoms. The Hall–Kier alpha value is -2.67. The van der Waals surface area contributed by atoms with Crippen molar-refractivity contribution in [1.29, 1.82) is 0 Å². The molecule has 3 aromatic rings. The van der Waals surface area contributed by atoms with Crippen LogP contribution in [0.2, 0.25) is 15.1 Å². The van der Waals surface area contributed by atoms with Crippen LogP contribution < -0.4 is 10.2 Å². The SMILES string of the molecule is C/C(=N/Nc1c(Cl)cc(Cl)cc1Cl)c1cc(F)ccc1OC(=O)c1ccccc1F. The Balaban J connectivity index is 1.90. The van der Waals surface area contributed by atoms with Crippen molar-refractivity contribution in [1.82, 2.24) is 0 Å².